The van der Waals surface area contributed by atoms with Crippen LogP contribution < -0.4 is 10.8 Å². The minimum Gasteiger partial charge on any atom is -0.359 e. The maximum Gasteiger partial charge on any atom is 0.262 e. The van der Waals surface area contributed by atoms with Crippen LogP contribution in [0, 0.1) is 11.8 Å². The first kappa shape index (κ1) is 17.8. The van der Waals surface area contributed by atoms with E-state index in [1.54, 1.807) is 5.48 Å². The number of nitrogens with zero attached hydrogens (tertiary/aromatic N) is 2. The molecular weight excluding hydrogens is 328 g/mol. The van der Waals surface area contributed by atoms with Crippen LogP contribution in [0.15, 0.2) is 36.4 Å². The topological polar surface area (TPSA) is 78.7 Å². The van der Waals surface area contributed by atoms with E-state index in [1.807, 2.05) is 40.8 Å². The van der Waals surface area contributed by atoms with Crippen LogP contribution in [-0.4, -0.2) is 27.0 Å². The molecule has 1 aromatic carbocycles. The second kappa shape index (κ2) is 8.37. The summed E-state index contributed by atoms with van der Waals surface area (Å²) >= 11 is 0. The van der Waals surface area contributed by atoms with Crippen LogP contribution in [-0.2, 0) is 4.79 Å². The molecule has 0 saturated heterocycles. The predicted molar refractivity (Wildman–Crippen MR) is 102 cm³/mol. The van der Waals surface area contributed by atoms with Crippen molar-refractivity contribution in [2.24, 2.45) is 0 Å². The van der Waals surface area contributed by atoms with Gasteiger partial charge in [0, 0.05) is 6.42 Å². The molecule has 0 fully saturated rings. The number of unbranched alkanes of at least 4 members (excludes halogenated alkanes) is 3. The van der Waals surface area contributed by atoms with Gasteiger partial charge in [-0.25, -0.2) is 10.5 Å². The SMILES string of the molecule is CCCCCC#Cc1c(NCC(=O)NO)nc2ccc3ccccc3n12. The van der Waals surface area contributed by atoms with Gasteiger partial charge in [-0.3, -0.25) is 14.4 Å². The van der Waals surface area contributed by atoms with Gasteiger partial charge < -0.3 is 5.32 Å². The molecule has 2 heterocycles. The Morgan fingerprint density at radius 1 is 1.23 bits per heavy atom. The number of fused-ring (bicyclic) bond motifs is 3. The van der Waals surface area contributed by atoms with E-state index >= 15 is 0 Å². The zero-order valence-electron chi connectivity index (χ0n) is 14.7. The number of imidazole rings is 1. The number of hydrogen-bond acceptors (Lipinski definition) is 4. The van der Waals surface area contributed by atoms with Crippen molar-refractivity contribution in [2.75, 3.05) is 11.9 Å². The third kappa shape index (κ3) is 3.79. The van der Waals surface area contributed by atoms with Crippen molar-refractivity contribution in [3.63, 3.8) is 0 Å². The number of benzene rings is 1. The van der Waals surface area contributed by atoms with Gasteiger partial charge in [-0.1, -0.05) is 43.9 Å². The van der Waals surface area contributed by atoms with E-state index in [4.69, 9.17) is 5.21 Å². The lowest BCUT2D eigenvalue weighted by molar-refractivity contribution is -0.127. The highest BCUT2D eigenvalue weighted by Crippen LogP contribution is 2.23. The van der Waals surface area contributed by atoms with Crippen LogP contribution in [0.3, 0.4) is 0 Å². The lowest BCUT2D eigenvalue weighted by atomic mass is 10.2. The predicted octanol–water partition coefficient (Wildman–Crippen LogP) is 3.34. The van der Waals surface area contributed by atoms with Crippen molar-refractivity contribution in [1.82, 2.24) is 14.9 Å². The van der Waals surface area contributed by atoms with Crippen LogP contribution in [0.2, 0.25) is 0 Å². The number of nitrogens with one attached hydrogen (secondary N) is 2. The van der Waals surface area contributed by atoms with E-state index in [0.717, 1.165) is 47.9 Å². The number of aromatic nitrogens is 2. The maximum absolute atomic E-state index is 11.4. The molecule has 134 valence electrons. The van der Waals surface area contributed by atoms with Crippen LogP contribution >= 0.6 is 0 Å². The van der Waals surface area contributed by atoms with Crippen LogP contribution in [0.5, 0.6) is 0 Å². The molecule has 3 rings (SSSR count). The van der Waals surface area contributed by atoms with E-state index < -0.39 is 5.91 Å². The second-order valence-corrected chi connectivity index (χ2v) is 6.04. The fraction of sp³-hybridized carbons (Fsp3) is 0.300. The van der Waals surface area contributed by atoms with E-state index in [0.29, 0.717) is 5.82 Å². The molecule has 3 aromatic rings. The first-order chi connectivity index (χ1) is 12.7. The summed E-state index contributed by atoms with van der Waals surface area (Å²) in [4.78, 5) is 15.9. The van der Waals surface area contributed by atoms with Crippen molar-refractivity contribution in [3.8, 4) is 11.8 Å². The highest BCUT2D eigenvalue weighted by atomic mass is 16.5. The number of pyridine rings is 1. The van der Waals surface area contributed by atoms with Crippen molar-refractivity contribution >= 4 is 28.3 Å². The number of anilines is 1. The molecule has 0 aliphatic heterocycles. The molecular formula is C20H22N4O2. The normalized spacial score (nSPS) is 10.5. The Morgan fingerprint density at radius 2 is 2.08 bits per heavy atom. The van der Waals surface area contributed by atoms with Crippen LogP contribution in [0.25, 0.3) is 16.6 Å². The molecule has 0 radical (unpaired) electrons. The van der Waals surface area contributed by atoms with E-state index in [-0.39, 0.29) is 6.54 Å². The van der Waals surface area contributed by atoms with E-state index in [9.17, 15) is 4.79 Å². The molecule has 0 aliphatic carbocycles. The van der Waals surface area contributed by atoms with Crippen molar-refractivity contribution in [1.29, 1.82) is 0 Å². The van der Waals surface area contributed by atoms with Crippen molar-refractivity contribution in [3.05, 3.63) is 42.1 Å². The summed E-state index contributed by atoms with van der Waals surface area (Å²) in [6, 6.07) is 12.0. The lowest BCUT2D eigenvalue weighted by Crippen LogP contribution is -2.27. The quantitative estimate of drug-likeness (QED) is 0.276. The summed E-state index contributed by atoms with van der Waals surface area (Å²) in [5.41, 5.74) is 4.10. The van der Waals surface area contributed by atoms with Crippen LogP contribution in [0.1, 0.15) is 38.3 Å². The van der Waals surface area contributed by atoms with E-state index in [1.165, 1.54) is 0 Å². The molecule has 3 N–H and O–H groups in total. The Bertz CT molecular complexity index is 982. The Balaban J connectivity index is 2.05. The highest BCUT2D eigenvalue weighted by Gasteiger charge is 2.13. The fourth-order valence-corrected chi connectivity index (χ4v) is 2.84. The monoisotopic (exact) mass is 350 g/mol. The molecule has 0 atom stereocenters. The Hall–Kier alpha value is -3.04. The Morgan fingerprint density at radius 3 is 2.88 bits per heavy atom. The smallest absolute Gasteiger partial charge is 0.262 e. The molecule has 0 spiro atoms. The lowest BCUT2D eigenvalue weighted by Gasteiger charge is -2.04. The summed E-state index contributed by atoms with van der Waals surface area (Å²) < 4.78 is 2.00. The van der Waals surface area contributed by atoms with Gasteiger partial charge in [0.2, 0.25) is 0 Å². The summed E-state index contributed by atoms with van der Waals surface area (Å²) in [5, 5.41) is 12.7. The maximum atomic E-state index is 11.4. The van der Waals surface area contributed by atoms with Gasteiger partial charge in [0.1, 0.15) is 11.3 Å². The first-order valence-corrected chi connectivity index (χ1v) is 8.80. The third-order valence-corrected chi connectivity index (χ3v) is 4.15. The largest absolute Gasteiger partial charge is 0.359 e. The summed E-state index contributed by atoms with van der Waals surface area (Å²) in [5.74, 6) is 6.45. The van der Waals surface area contributed by atoms with Gasteiger partial charge in [0.15, 0.2) is 5.82 Å². The number of amides is 1. The zero-order valence-corrected chi connectivity index (χ0v) is 14.7. The number of carbonyl (C=O) groups excluding carboxylic acids is 1. The number of hydrogen-bond donors (Lipinski definition) is 3. The molecule has 0 unspecified atom stereocenters. The summed E-state index contributed by atoms with van der Waals surface area (Å²) in [6.45, 7) is 2.08. The average molecular weight is 350 g/mol. The molecule has 0 aliphatic rings. The summed E-state index contributed by atoms with van der Waals surface area (Å²) in [6.07, 6.45) is 4.20. The number of rotatable bonds is 6. The molecule has 0 bridgehead atoms. The summed E-state index contributed by atoms with van der Waals surface area (Å²) in [7, 11) is 0. The van der Waals surface area contributed by atoms with Crippen molar-refractivity contribution < 1.29 is 10.0 Å². The van der Waals surface area contributed by atoms with Gasteiger partial charge in [-0.05, 0) is 35.9 Å². The number of carbonyl (C=O) groups is 1. The van der Waals surface area contributed by atoms with Crippen molar-refractivity contribution in [2.45, 2.75) is 32.6 Å². The second-order valence-electron chi connectivity index (χ2n) is 6.04. The minimum atomic E-state index is -0.534. The number of para-hydroxylation sites is 1. The standard InChI is InChI=1S/C20H22N4O2/c1-2-3-4-5-6-11-17-20(21-14-19(25)23-26)22-18-13-12-15-9-7-8-10-16(15)24(17)18/h7-10,12-13,21,26H,2-5,14H2,1H3,(H,23,25). The van der Waals surface area contributed by atoms with Gasteiger partial charge in [0.25, 0.3) is 5.91 Å². The van der Waals surface area contributed by atoms with Gasteiger partial charge >= 0.3 is 0 Å². The molecule has 1 amide bonds. The van der Waals surface area contributed by atoms with Crippen LogP contribution in [0.4, 0.5) is 5.82 Å². The molecule has 26 heavy (non-hydrogen) atoms. The Labute approximate surface area is 152 Å². The molecule has 0 saturated carbocycles. The molecule has 6 heteroatoms. The van der Waals surface area contributed by atoms with Gasteiger partial charge in [0.05, 0.1) is 12.1 Å². The third-order valence-electron chi connectivity index (χ3n) is 4.15. The average Bonchev–Trinajstić information content (AvgIpc) is 3.04. The fourth-order valence-electron chi connectivity index (χ4n) is 2.84. The highest BCUT2D eigenvalue weighted by molar-refractivity contribution is 5.85. The Kier molecular flexibility index (Phi) is 5.72. The number of hydroxylamine groups is 1. The minimum absolute atomic E-state index is 0.0805. The van der Waals surface area contributed by atoms with Gasteiger partial charge in [-0.2, -0.15) is 0 Å². The first-order valence-electron chi connectivity index (χ1n) is 8.80. The van der Waals surface area contributed by atoms with Gasteiger partial charge in [-0.15, -0.1) is 0 Å². The van der Waals surface area contributed by atoms with E-state index in [2.05, 4.69) is 29.1 Å². The zero-order chi connectivity index (χ0) is 18.4. The molecule has 2 aromatic heterocycles. The molecule has 6 nitrogen and oxygen atoms in total.